The Hall–Kier alpha value is -4.05. The van der Waals surface area contributed by atoms with Crippen LogP contribution in [-0.2, 0) is 11.2 Å². The van der Waals surface area contributed by atoms with Gasteiger partial charge in [0, 0.05) is 57.1 Å². The van der Waals surface area contributed by atoms with Crippen molar-refractivity contribution in [2.24, 2.45) is 0 Å². The number of rotatable bonds is 7. The van der Waals surface area contributed by atoms with E-state index in [1.807, 2.05) is 11.9 Å². The van der Waals surface area contributed by atoms with Crippen molar-refractivity contribution in [1.82, 2.24) is 24.2 Å². The quantitative estimate of drug-likeness (QED) is 0.344. The van der Waals surface area contributed by atoms with Crippen LogP contribution >= 0.6 is 11.3 Å². The normalized spacial score (nSPS) is 20.2. The van der Waals surface area contributed by atoms with Crippen LogP contribution in [0.25, 0.3) is 16.9 Å². The molecule has 1 aromatic carbocycles. The van der Waals surface area contributed by atoms with E-state index in [2.05, 4.69) is 46.4 Å². The molecule has 0 spiro atoms. The summed E-state index contributed by atoms with van der Waals surface area (Å²) in [6.45, 7) is 7.15. The molecule has 3 aliphatic rings. The third-order valence-corrected chi connectivity index (χ3v) is 9.98. The van der Waals surface area contributed by atoms with Crippen LogP contribution in [0.1, 0.15) is 29.5 Å². The van der Waals surface area contributed by atoms with Gasteiger partial charge in [0.05, 0.1) is 24.0 Å². The number of hydrogen-bond acceptors (Lipinski definition) is 9. The molecule has 0 saturated carbocycles. The molecule has 0 radical (unpaired) electrons. The second-order valence-electron chi connectivity index (χ2n) is 11.7. The van der Waals surface area contributed by atoms with Crippen LogP contribution in [0.4, 0.5) is 21.0 Å². The molecule has 1 unspecified atom stereocenters. The van der Waals surface area contributed by atoms with Crippen LogP contribution in [0, 0.1) is 24.1 Å². The zero-order chi connectivity index (χ0) is 30.0. The number of carbonyl (C=O) groups is 1. The van der Waals surface area contributed by atoms with E-state index < -0.39 is 0 Å². The molecule has 12 heteroatoms. The molecule has 3 saturated heterocycles. The number of halogens is 1. The summed E-state index contributed by atoms with van der Waals surface area (Å²) in [6, 6.07) is 11.1. The van der Waals surface area contributed by atoms with Crippen molar-refractivity contribution in [3.05, 3.63) is 58.5 Å². The van der Waals surface area contributed by atoms with Gasteiger partial charge < -0.3 is 19.8 Å². The number of likely N-dealkylation sites (tertiary alicyclic amines) is 2. The maximum atomic E-state index is 13.6. The van der Waals surface area contributed by atoms with Gasteiger partial charge in [0.25, 0.3) is 0 Å². The number of aliphatic hydroxyl groups excluding tert-OH is 1. The van der Waals surface area contributed by atoms with Gasteiger partial charge in [-0.3, -0.25) is 14.1 Å². The number of aliphatic hydroxyl groups is 1. The monoisotopic (exact) mass is 600 g/mol. The standard InChI is InChI=1S/C31H33FN8O2S/c1-4-25-30(36(3)31-35-28(26(11-33)43-31)19-5-7-20(32)8-6-19)40-14-22(9-18(2)29(40)34-25)39-13-21-10-23(39)12-37(21)17-27(42)38-15-24(41)16-38/h5-9,14,21,23-24,41H,4,10,12-13,15-17H2,1-3H3/t21-,23?/m0/s1. The fourth-order valence-electron chi connectivity index (χ4n) is 6.69. The lowest BCUT2D eigenvalue weighted by molar-refractivity contribution is -0.142. The Morgan fingerprint density at radius 1 is 1.19 bits per heavy atom. The Morgan fingerprint density at radius 3 is 2.60 bits per heavy atom. The molecular formula is C31H33FN8O2S. The molecule has 1 amide bonds. The Labute approximate surface area is 253 Å². The molecule has 222 valence electrons. The zero-order valence-corrected chi connectivity index (χ0v) is 25.2. The molecule has 4 aromatic rings. The summed E-state index contributed by atoms with van der Waals surface area (Å²) in [5, 5.41) is 20.1. The number of pyridine rings is 1. The first-order chi connectivity index (χ1) is 20.7. The molecule has 10 nitrogen and oxygen atoms in total. The second kappa shape index (κ2) is 10.6. The molecular weight excluding hydrogens is 567 g/mol. The minimum Gasteiger partial charge on any atom is -0.389 e. The predicted octanol–water partition coefficient (Wildman–Crippen LogP) is 3.57. The van der Waals surface area contributed by atoms with E-state index >= 15 is 0 Å². The molecule has 3 fully saturated rings. The number of fused-ring (bicyclic) bond motifs is 3. The third-order valence-electron chi connectivity index (χ3n) is 8.95. The highest BCUT2D eigenvalue weighted by Crippen LogP contribution is 2.39. The number of nitrogens with zero attached hydrogens (tertiary/aromatic N) is 8. The van der Waals surface area contributed by atoms with Crippen molar-refractivity contribution in [2.75, 3.05) is 49.6 Å². The lowest BCUT2D eigenvalue weighted by Crippen LogP contribution is -2.57. The Balaban J connectivity index is 1.18. The number of hydrogen-bond donors (Lipinski definition) is 1. The van der Waals surface area contributed by atoms with Gasteiger partial charge in [-0.25, -0.2) is 14.4 Å². The van der Waals surface area contributed by atoms with Gasteiger partial charge >= 0.3 is 0 Å². The smallest absolute Gasteiger partial charge is 0.236 e. The number of aryl methyl sites for hydroxylation is 2. The molecule has 3 aromatic heterocycles. The van der Waals surface area contributed by atoms with Crippen LogP contribution in [-0.4, -0.2) is 93.1 Å². The highest BCUT2D eigenvalue weighted by atomic mass is 32.1. The number of aromatic nitrogens is 3. The SMILES string of the molecule is CCc1nc2c(C)cc(N3C[C@@H]4CC3CN4CC(=O)N3CC(O)C3)cn2c1N(C)c1nc(-c2ccc(F)cc2)c(C#N)s1. The maximum absolute atomic E-state index is 13.6. The number of carbonyl (C=O) groups excluding carboxylic acids is 1. The van der Waals surface area contributed by atoms with E-state index in [1.165, 1.54) is 23.5 Å². The molecule has 3 aliphatic heterocycles. The van der Waals surface area contributed by atoms with Gasteiger partial charge in [0.2, 0.25) is 5.91 Å². The number of anilines is 3. The van der Waals surface area contributed by atoms with Gasteiger partial charge in [-0.05, 0) is 55.7 Å². The number of β-amino-alcohol motifs (C(OH)–C–C–N with tert-alkyl or cyclic N) is 1. The van der Waals surface area contributed by atoms with Gasteiger partial charge in [-0.15, -0.1) is 0 Å². The molecule has 43 heavy (non-hydrogen) atoms. The topological polar surface area (TPSA) is 104 Å². The summed E-state index contributed by atoms with van der Waals surface area (Å²) >= 11 is 1.31. The summed E-state index contributed by atoms with van der Waals surface area (Å²) < 4.78 is 15.7. The molecule has 6 heterocycles. The molecule has 2 bridgehead atoms. The Morgan fingerprint density at radius 2 is 1.95 bits per heavy atom. The second-order valence-corrected chi connectivity index (χ2v) is 12.7. The van der Waals surface area contributed by atoms with Crippen molar-refractivity contribution < 1.29 is 14.3 Å². The fraction of sp³-hybridized carbons (Fsp3) is 0.419. The summed E-state index contributed by atoms with van der Waals surface area (Å²) in [4.78, 5) is 31.4. The first-order valence-electron chi connectivity index (χ1n) is 14.6. The Kier molecular flexibility index (Phi) is 6.84. The number of nitriles is 1. The van der Waals surface area contributed by atoms with Gasteiger partial charge in [0.1, 0.15) is 33.9 Å². The fourth-order valence-corrected chi connectivity index (χ4v) is 7.54. The lowest BCUT2D eigenvalue weighted by Gasteiger charge is -2.39. The summed E-state index contributed by atoms with van der Waals surface area (Å²) in [6.07, 6.45) is 3.51. The van der Waals surface area contributed by atoms with E-state index in [0.717, 1.165) is 54.3 Å². The number of benzene rings is 1. The first-order valence-corrected chi connectivity index (χ1v) is 15.4. The molecule has 7 rings (SSSR count). The minimum atomic E-state index is -0.381. The number of amides is 1. The average Bonchev–Trinajstić information content (AvgIpc) is 3.77. The summed E-state index contributed by atoms with van der Waals surface area (Å²) in [7, 11) is 1.95. The largest absolute Gasteiger partial charge is 0.389 e. The average molecular weight is 601 g/mol. The minimum absolute atomic E-state index is 0.101. The van der Waals surface area contributed by atoms with Gasteiger partial charge in [-0.2, -0.15) is 5.26 Å². The van der Waals surface area contributed by atoms with Crippen LogP contribution in [0.3, 0.4) is 0 Å². The molecule has 2 atom stereocenters. The lowest BCUT2D eigenvalue weighted by atomic mass is 10.1. The zero-order valence-electron chi connectivity index (χ0n) is 24.4. The first kappa shape index (κ1) is 27.8. The highest BCUT2D eigenvalue weighted by molar-refractivity contribution is 7.16. The predicted molar refractivity (Wildman–Crippen MR) is 163 cm³/mol. The van der Waals surface area contributed by atoms with E-state index in [4.69, 9.17) is 9.97 Å². The highest BCUT2D eigenvalue weighted by Gasteiger charge is 2.45. The molecule has 0 aliphatic carbocycles. The van der Waals surface area contributed by atoms with Gasteiger partial charge in [-0.1, -0.05) is 18.3 Å². The van der Waals surface area contributed by atoms with Gasteiger partial charge in [0.15, 0.2) is 5.13 Å². The van der Waals surface area contributed by atoms with Crippen LogP contribution in [0.15, 0.2) is 36.5 Å². The van der Waals surface area contributed by atoms with Crippen LogP contribution in [0.2, 0.25) is 0 Å². The van der Waals surface area contributed by atoms with E-state index in [0.29, 0.717) is 53.0 Å². The van der Waals surface area contributed by atoms with Crippen molar-refractivity contribution in [3.8, 4) is 17.3 Å². The van der Waals surface area contributed by atoms with E-state index in [1.54, 1.807) is 17.0 Å². The summed E-state index contributed by atoms with van der Waals surface area (Å²) in [5.41, 5.74) is 5.24. The Bertz CT molecular complexity index is 1760. The van der Waals surface area contributed by atoms with E-state index in [-0.39, 0.29) is 17.8 Å². The van der Waals surface area contributed by atoms with Crippen LogP contribution < -0.4 is 9.80 Å². The number of imidazole rings is 1. The van der Waals surface area contributed by atoms with E-state index in [9.17, 15) is 19.6 Å². The maximum Gasteiger partial charge on any atom is 0.236 e. The van der Waals surface area contributed by atoms with Crippen molar-refractivity contribution in [3.63, 3.8) is 0 Å². The number of piperazine rings is 1. The third kappa shape index (κ3) is 4.72. The summed E-state index contributed by atoms with van der Waals surface area (Å²) in [5.74, 6) is 0.669. The number of thiazole rings is 1. The van der Waals surface area contributed by atoms with Crippen molar-refractivity contribution in [2.45, 2.75) is 44.9 Å². The van der Waals surface area contributed by atoms with Crippen LogP contribution in [0.5, 0.6) is 0 Å². The molecule has 1 N–H and O–H groups in total. The van der Waals surface area contributed by atoms with Crippen molar-refractivity contribution >= 4 is 39.5 Å². The van der Waals surface area contributed by atoms with Crippen molar-refractivity contribution in [1.29, 1.82) is 5.26 Å².